The molecule has 0 amide bonds. The highest BCUT2D eigenvalue weighted by Gasteiger charge is 2.07. The van der Waals surface area contributed by atoms with E-state index in [1.54, 1.807) is 6.07 Å². The van der Waals surface area contributed by atoms with Crippen LogP contribution < -0.4 is 4.74 Å². The number of benzene rings is 1. The van der Waals surface area contributed by atoms with Crippen LogP contribution in [0.15, 0.2) is 30.3 Å². The normalized spacial score (nSPS) is 10.0. The zero-order valence-electron chi connectivity index (χ0n) is 10.8. The third-order valence-electron chi connectivity index (χ3n) is 2.63. The third kappa shape index (κ3) is 3.08. The smallest absolute Gasteiger partial charge is 0.148 e. The number of hydrogen-bond acceptors (Lipinski definition) is 3. The number of hydrogen-bond donors (Lipinski definition) is 0. The summed E-state index contributed by atoms with van der Waals surface area (Å²) >= 11 is 0. The minimum Gasteiger partial charge on any atom is -0.455 e. The molecule has 2 rings (SSSR count). The Morgan fingerprint density at radius 3 is 2.79 bits per heavy atom. The Kier molecular flexibility index (Phi) is 3.76. The van der Waals surface area contributed by atoms with Gasteiger partial charge < -0.3 is 4.74 Å². The third-order valence-corrected chi connectivity index (χ3v) is 2.63. The Morgan fingerprint density at radius 2 is 2.11 bits per heavy atom. The quantitative estimate of drug-likeness (QED) is 0.840. The van der Waals surface area contributed by atoms with Crippen molar-refractivity contribution in [3.63, 3.8) is 0 Å². The van der Waals surface area contributed by atoms with Crippen molar-refractivity contribution in [2.75, 3.05) is 0 Å². The van der Waals surface area contributed by atoms with Gasteiger partial charge in [0.1, 0.15) is 17.3 Å². The zero-order chi connectivity index (χ0) is 13.8. The van der Waals surface area contributed by atoms with Crippen LogP contribution in [0.2, 0.25) is 0 Å². The molecule has 0 spiro atoms. The molecule has 1 aromatic heterocycles. The summed E-state index contributed by atoms with van der Waals surface area (Å²) in [6, 6.07) is 9.45. The molecular weight excluding hydrogens is 243 g/mol. The summed E-state index contributed by atoms with van der Waals surface area (Å²) in [6.45, 7) is 3.87. The van der Waals surface area contributed by atoms with Crippen LogP contribution in [0.3, 0.4) is 0 Å². The fourth-order valence-corrected chi connectivity index (χ4v) is 1.76. The van der Waals surface area contributed by atoms with Gasteiger partial charge in [-0.25, -0.2) is 4.39 Å². The second kappa shape index (κ2) is 5.49. The van der Waals surface area contributed by atoms with E-state index in [0.29, 0.717) is 11.5 Å². The maximum Gasteiger partial charge on any atom is 0.148 e. The SMILES string of the molecule is CCc1nc(C)ccc1Oc1cc(F)cc(C#N)c1. The van der Waals surface area contributed by atoms with Crippen LogP contribution in [0.5, 0.6) is 11.5 Å². The Balaban J connectivity index is 2.36. The second-order valence-electron chi connectivity index (χ2n) is 4.14. The monoisotopic (exact) mass is 256 g/mol. The number of aryl methyl sites for hydroxylation is 2. The number of aromatic nitrogens is 1. The summed E-state index contributed by atoms with van der Waals surface area (Å²) in [5.41, 5.74) is 1.94. The fourth-order valence-electron chi connectivity index (χ4n) is 1.76. The predicted octanol–water partition coefficient (Wildman–Crippen LogP) is 3.76. The second-order valence-corrected chi connectivity index (χ2v) is 4.14. The summed E-state index contributed by atoms with van der Waals surface area (Å²) in [6.07, 6.45) is 0.720. The van der Waals surface area contributed by atoms with Gasteiger partial charge in [-0.2, -0.15) is 5.26 Å². The van der Waals surface area contributed by atoms with E-state index in [1.165, 1.54) is 18.2 Å². The average molecular weight is 256 g/mol. The first-order valence-corrected chi connectivity index (χ1v) is 5.97. The van der Waals surface area contributed by atoms with Gasteiger partial charge in [-0.3, -0.25) is 4.98 Å². The molecule has 96 valence electrons. The van der Waals surface area contributed by atoms with Crippen molar-refractivity contribution in [1.29, 1.82) is 5.26 Å². The summed E-state index contributed by atoms with van der Waals surface area (Å²) in [5.74, 6) is 0.395. The van der Waals surface area contributed by atoms with Gasteiger partial charge in [-0.05, 0) is 37.6 Å². The number of nitrogens with zero attached hydrogens (tertiary/aromatic N) is 2. The van der Waals surface area contributed by atoms with Crippen LogP contribution in [0.1, 0.15) is 23.9 Å². The van der Waals surface area contributed by atoms with E-state index in [2.05, 4.69) is 4.98 Å². The highest BCUT2D eigenvalue weighted by molar-refractivity contribution is 5.40. The van der Waals surface area contributed by atoms with E-state index in [-0.39, 0.29) is 5.56 Å². The van der Waals surface area contributed by atoms with Crippen LogP contribution in [0.4, 0.5) is 4.39 Å². The molecule has 0 aliphatic heterocycles. The van der Waals surface area contributed by atoms with E-state index < -0.39 is 5.82 Å². The van der Waals surface area contributed by atoms with Crippen LogP contribution in [-0.2, 0) is 6.42 Å². The molecule has 0 saturated carbocycles. The summed E-state index contributed by atoms with van der Waals surface area (Å²) in [7, 11) is 0. The predicted molar refractivity (Wildman–Crippen MR) is 69.5 cm³/mol. The van der Waals surface area contributed by atoms with Crippen molar-refractivity contribution in [2.45, 2.75) is 20.3 Å². The van der Waals surface area contributed by atoms with Crippen molar-refractivity contribution in [1.82, 2.24) is 4.98 Å². The first kappa shape index (κ1) is 13.0. The average Bonchev–Trinajstić information content (AvgIpc) is 2.40. The lowest BCUT2D eigenvalue weighted by Gasteiger charge is -2.10. The molecule has 0 aliphatic carbocycles. The van der Waals surface area contributed by atoms with Gasteiger partial charge >= 0.3 is 0 Å². The summed E-state index contributed by atoms with van der Waals surface area (Å²) < 4.78 is 18.9. The number of pyridine rings is 1. The van der Waals surface area contributed by atoms with Gasteiger partial charge in [-0.15, -0.1) is 0 Å². The molecule has 0 saturated heterocycles. The molecule has 19 heavy (non-hydrogen) atoms. The molecule has 0 fully saturated rings. The molecule has 4 heteroatoms. The maximum atomic E-state index is 13.3. The lowest BCUT2D eigenvalue weighted by atomic mass is 10.2. The Bertz CT molecular complexity index is 647. The lowest BCUT2D eigenvalue weighted by Crippen LogP contribution is -1.96. The lowest BCUT2D eigenvalue weighted by molar-refractivity contribution is 0.467. The standard InChI is InChI=1S/C15H13FN2O/c1-3-14-15(5-4-10(2)18-14)19-13-7-11(9-17)6-12(16)8-13/h4-8H,3H2,1-2H3. The molecule has 0 atom stereocenters. The van der Waals surface area contributed by atoms with E-state index in [1.807, 2.05) is 26.0 Å². The number of nitriles is 1. The minimum absolute atomic E-state index is 0.230. The number of ether oxygens (including phenoxy) is 1. The molecule has 1 aromatic carbocycles. The van der Waals surface area contributed by atoms with Gasteiger partial charge in [0.25, 0.3) is 0 Å². The van der Waals surface area contributed by atoms with Crippen molar-refractivity contribution in [3.8, 4) is 17.6 Å². The van der Waals surface area contributed by atoms with Crippen LogP contribution >= 0.6 is 0 Å². The van der Waals surface area contributed by atoms with Gasteiger partial charge in [-0.1, -0.05) is 6.92 Å². The maximum absolute atomic E-state index is 13.3. The van der Waals surface area contributed by atoms with Crippen molar-refractivity contribution < 1.29 is 9.13 Å². The molecule has 0 unspecified atom stereocenters. The Hall–Kier alpha value is -2.41. The largest absolute Gasteiger partial charge is 0.455 e. The number of rotatable bonds is 3. The Morgan fingerprint density at radius 1 is 1.32 bits per heavy atom. The van der Waals surface area contributed by atoms with E-state index in [9.17, 15) is 4.39 Å². The van der Waals surface area contributed by atoms with Crippen molar-refractivity contribution >= 4 is 0 Å². The van der Waals surface area contributed by atoms with Crippen LogP contribution in [0.25, 0.3) is 0 Å². The minimum atomic E-state index is -0.493. The van der Waals surface area contributed by atoms with Gasteiger partial charge in [0, 0.05) is 11.8 Å². The molecule has 2 aromatic rings. The highest BCUT2D eigenvalue weighted by atomic mass is 19.1. The molecule has 0 radical (unpaired) electrons. The molecular formula is C15H13FN2O. The molecule has 0 bridgehead atoms. The van der Waals surface area contributed by atoms with E-state index >= 15 is 0 Å². The summed E-state index contributed by atoms with van der Waals surface area (Å²) in [4.78, 5) is 4.37. The summed E-state index contributed by atoms with van der Waals surface area (Å²) in [5, 5.41) is 8.81. The van der Waals surface area contributed by atoms with Crippen LogP contribution in [-0.4, -0.2) is 4.98 Å². The van der Waals surface area contributed by atoms with Crippen molar-refractivity contribution in [2.24, 2.45) is 0 Å². The molecule has 1 heterocycles. The van der Waals surface area contributed by atoms with Crippen molar-refractivity contribution in [3.05, 3.63) is 53.1 Å². The van der Waals surface area contributed by atoms with Gasteiger partial charge in [0.15, 0.2) is 0 Å². The van der Waals surface area contributed by atoms with E-state index in [0.717, 1.165) is 17.8 Å². The van der Waals surface area contributed by atoms with Gasteiger partial charge in [0.05, 0.1) is 17.3 Å². The molecule has 0 aliphatic rings. The first-order valence-electron chi connectivity index (χ1n) is 5.97. The van der Waals surface area contributed by atoms with Crippen LogP contribution in [0, 0.1) is 24.1 Å². The van der Waals surface area contributed by atoms with E-state index in [4.69, 9.17) is 10.00 Å². The highest BCUT2D eigenvalue weighted by Crippen LogP contribution is 2.26. The Labute approximate surface area is 111 Å². The topological polar surface area (TPSA) is 45.9 Å². The molecule has 0 N–H and O–H groups in total. The number of halogens is 1. The first-order chi connectivity index (χ1) is 9.12. The molecule has 3 nitrogen and oxygen atoms in total. The fraction of sp³-hybridized carbons (Fsp3) is 0.200. The van der Waals surface area contributed by atoms with Gasteiger partial charge in [0.2, 0.25) is 0 Å². The zero-order valence-corrected chi connectivity index (χ0v) is 10.8.